The third kappa shape index (κ3) is 2.36. The van der Waals surface area contributed by atoms with E-state index in [2.05, 4.69) is 31.2 Å². The largest absolute Gasteiger partial charge is 0.469 e. The molecule has 0 N–H and O–H groups in total. The summed E-state index contributed by atoms with van der Waals surface area (Å²) in [6, 6.07) is 8.58. The normalized spacial score (nSPS) is 17.3. The van der Waals surface area contributed by atoms with Gasteiger partial charge in [-0.25, -0.2) is 0 Å². The number of carbonyl (C=O) groups is 1. The summed E-state index contributed by atoms with van der Waals surface area (Å²) in [6.45, 7) is 2.15. The minimum atomic E-state index is -0.234. The van der Waals surface area contributed by atoms with Crippen molar-refractivity contribution < 1.29 is 9.53 Å². The molecule has 1 aromatic carbocycles. The average molecular weight is 232 g/mol. The Hall–Kier alpha value is -1.31. The van der Waals surface area contributed by atoms with Crippen molar-refractivity contribution >= 4 is 5.97 Å². The van der Waals surface area contributed by atoms with Crippen molar-refractivity contribution in [2.75, 3.05) is 7.11 Å². The van der Waals surface area contributed by atoms with Gasteiger partial charge >= 0.3 is 5.97 Å². The van der Waals surface area contributed by atoms with Gasteiger partial charge in [0, 0.05) is 0 Å². The number of methoxy groups -OCH3 is 1. The zero-order valence-corrected chi connectivity index (χ0v) is 10.7. The molecule has 2 heteroatoms. The molecule has 2 nitrogen and oxygen atoms in total. The first-order valence-corrected chi connectivity index (χ1v) is 6.36. The van der Waals surface area contributed by atoms with Crippen molar-refractivity contribution in [2.24, 2.45) is 5.41 Å². The molecule has 1 aromatic rings. The van der Waals surface area contributed by atoms with Crippen LogP contribution in [0.1, 0.15) is 37.3 Å². The predicted molar refractivity (Wildman–Crippen MR) is 67.8 cm³/mol. The van der Waals surface area contributed by atoms with Gasteiger partial charge in [0.05, 0.1) is 12.5 Å². The van der Waals surface area contributed by atoms with Crippen LogP contribution in [0.2, 0.25) is 0 Å². The fraction of sp³-hybridized carbons (Fsp3) is 0.533. The van der Waals surface area contributed by atoms with Crippen molar-refractivity contribution in [3.8, 4) is 0 Å². The molecule has 1 aliphatic carbocycles. The number of esters is 1. The monoisotopic (exact) mass is 232 g/mol. The molecule has 17 heavy (non-hydrogen) atoms. The lowest BCUT2D eigenvalue weighted by Crippen LogP contribution is -2.40. The quantitative estimate of drug-likeness (QED) is 0.745. The molecule has 92 valence electrons. The molecule has 0 atom stereocenters. The lowest BCUT2D eigenvalue weighted by Gasteiger charge is -2.39. The summed E-state index contributed by atoms with van der Waals surface area (Å²) in [5, 5.41) is 0. The van der Waals surface area contributed by atoms with E-state index in [4.69, 9.17) is 4.74 Å². The van der Waals surface area contributed by atoms with E-state index >= 15 is 0 Å². The number of carbonyl (C=O) groups excluding carboxylic acids is 1. The van der Waals surface area contributed by atoms with Gasteiger partial charge in [-0.1, -0.05) is 37.6 Å². The molecular formula is C15H20O2. The van der Waals surface area contributed by atoms with Crippen LogP contribution in [0, 0.1) is 5.41 Å². The highest BCUT2D eigenvalue weighted by Gasteiger charge is 2.45. The first-order valence-electron chi connectivity index (χ1n) is 6.36. The van der Waals surface area contributed by atoms with Crippen LogP contribution in [0.4, 0.5) is 0 Å². The molecule has 0 unspecified atom stereocenters. The lowest BCUT2D eigenvalue weighted by molar-refractivity contribution is -0.158. The van der Waals surface area contributed by atoms with Gasteiger partial charge in [0.2, 0.25) is 0 Å². The highest BCUT2D eigenvalue weighted by atomic mass is 16.5. The third-order valence-corrected chi connectivity index (χ3v) is 3.90. The fourth-order valence-electron chi connectivity index (χ4n) is 2.56. The molecule has 2 rings (SSSR count). The standard InChI is InChI=1S/C15H20O2/c1-3-12-5-7-13(8-6-12)11-15(9-4-10-15)14(16)17-2/h5-8H,3-4,9-11H2,1-2H3. The zero-order chi connectivity index (χ0) is 12.3. The number of hydrogen-bond acceptors (Lipinski definition) is 2. The zero-order valence-electron chi connectivity index (χ0n) is 10.7. The maximum Gasteiger partial charge on any atom is 0.312 e. The summed E-state index contributed by atoms with van der Waals surface area (Å²) in [5.74, 6) is -0.0386. The Morgan fingerprint density at radius 3 is 2.24 bits per heavy atom. The highest BCUT2D eigenvalue weighted by Crippen LogP contribution is 2.44. The topological polar surface area (TPSA) is 26.3 Å². The number of benzene rings is 1. The summed E-state index contributed by atoms with van der Waals surface area (Å²) in [7, 11) is 1.49. The SMILES string of the molecule is CCc1ccc(CC2(C(=O)OC)CCC2)cc1. The summed E-state index contributed by atoms with van der Waals surface area (Å²) in [5.41, 5.74) is 2.35. The van der Waals surface area contributed by atoms with Gasteiger partial charge in [-0.05, 0) is 36.8 Å². The van der Waals surface area contributed by atoms with Crippen LogP contribution in [0.15, 0.2) is 24.3 Å². The Labute approximate surface area is 103 Å². The van der Waals surface area contributed by atoms with Gasteiger partial charge in [-0.3, -0.25) is 4.79 Å². The molecule has 0 heterocycles. The fourth-order valence-corrected chi connectivity index (χ4v) is 2.56. The number of aryl methyl sites for hydroxylation is 1. The Morgan fingerprint density at radius 1 is 1.24 bits per heavy atom. The molecule has 0 saturated heterocycles. The van der Waals surface area contributed by atoms with Gasteiger partial charge < -0.3 is 4.74 Å². The lowest BCUT2D eigenvalue weighted by atomic mass is 9.65. The number of rotatable bonds is 4. The van der Waals surface area contributed by atoms with Crippen molar-refractivity contribution in [1.29, 1.82) is 0 Å². The highest BCUT2D eigenvalue weighted by molar-refractivity contribution is 5.78. The van der Waals surface area contributed by atoms with Gasteiger partial charge in [-0.15, -0.1) is 0 Å². The van der Waals surface area contributed by atoms with E-state index in [9.17, 15) is 4.79 Å². The molecule has 0 bridgehead atoms. The van der Waals surface area contributed by atoms with Crippen molar-refractivity contribution in [3.63, 3.8) is 0 Å². The molecule has 0 spiro atoms. The first-order chi connectivity index (χ1) is 8.20. The van der Waals surface area contributed by atoms with Gasteiger partial charge in [0.15, 0.2) is 0 Å². The van der Waals surface area contributed by atoms with Crippen LogP contribution >= 0.6 is 0 Å². The number of hydrogen-bond donors (Lipinski definition) is 0. The molecule has 0 amide bonds. The van der Waals surface area contributed by atoms with Gasteiger partial charge in [0.25, 0.3) is 0 Å². The third-order valence-electron chi connectivity index (χ3n) is 3.90. The molecule has 0 radical (unpaired) electrons. The second kappa shape index (κ2) is 4.91. The van der Waals surface area contributed by atoms with E-state index in [1.807, 2.05) is 0 Å². The van der Waals surface area contributed by atoms with Crippen LogP contribution in [-0.2, 0) is 22.4 Å². The molecule has 0 aromatic heterocycles. The average Bonchev–Trinajstić information content (AvgIpc) is 2.33. The predicted octanol–water partition coefficient (Wildman–Crippen LogP) is 3.13. The van der Waals surface area contributed by atoms with E-state index in [-0.39, 0.29) is 11.4 Å². The maximum atomic E-state index is 11.8. The minimum Gasteiger partial charge on any atom is -0.469 e. The van der Waals surface area contributed by atoms with Crippen LogP contribution < -0.4 is 0 Å². The van der Waals surface area contributed by atoms with Crippen LogP contribution in [0.5, 0.6) is 0 Å². The van der Waals surface area contributed by atoms with Crippen molar-refractivity contribution in [3.05, 3.63) is 35.4 Å². The molecule has 1 aliphatic rings. The van der Waals surface area contributed by atoms with E-state index in [1.165, 1.54) is 18.2 Å². The van der Waals surface area contributed by atoms with Crippen molar-refractivity contribution in [2.45, 2.75) is 39.0 Å². The molecule has 1 fully saturated rings. The van der Waals surface area contributed by atoms with E-state index in [0.717, 1.165) is 32.1 Å². The van der Waals surface area contributed by atoms with Crippen LogP contribution in [-0.4, -0.2) is 13.1 Å². The Balaban J connectivity index is 2.10. The van der Waals surface area contributed by atoms with Gasteiger partial charge in [-0.2, -0.15) is 0 Å². The van der Waals surface area contributed by atoms with E-state index in [1.54, 1.807) is 0 Å². The maximum absolute atomic E-state index is 11.8. The van der Waals surface area contributed by atoms with E-state index in [0.29, 0.717) is 0 Å². The summed E-state index contributed by atoms with van der Waals surface area (Å²) >= 11 is 0. The van der Waals surface area contributed by atoms with Crippen LogP contribution in [0.3, 0.4) is 0 Å². The second-order valence-corrected chi connectivity index (χ2v) is 4.97. The Bertz CT molecular complexity index is 388. The second-order valence-electron chi connectivity index (χ2n) is 4.97. The van der Waals surface area contributed by atoms with Crippen LogP contribution in [0.25, 0.3) is 0 Å². The summed E-state index contributed by atoms with van der Waals surface area (Å²) < 4.78 is 4.94. The minimum absolute atomic E-state index is 0.0386. The van der Waals surface area contributed by atoms with Crippen molar-refractivity contribution in [1.82, 2.24) is 0 Å². The molecule has 1 saturated carbocycles. The smallest absolute Gasteiger partial charge is 0.312 e. The van der Waals surface area contributed by atoms with E-state index < -0.39 is 0 Å². The van der Waals surface area contributed by atoms with Gasteiger partial charge in [0.1, 0.15) is 0 Å². The first kappa shape index (κ1) is 12.2. The molecule has 0 aliphatic heterocycles. The Kier molecular flexibility index (Phi) is 3.51. The Morgan fingerprint density at radius 2 is 1.82 bits per heavy atom. The summed E-state index contributed by atoms with van der Waals surface area (Å²) in [4.78, 5) is 11.8. The molecular weight excluding hydrogens is 212 g/mol. The number of ether oxygens (including phenoxy) is 1. The summed E-state index contributed by atoms with van der Waals surface area (Å²) in [6.07, 6.45) is 4.96.